The van der Waals surface area contributed by atoms with Gasteiger partial charge in [-0.2, -0.15) is 0 Å². The molecule has 1 nitrogen and oxygen atoms in total. The molecule has 0 spiro atoms. The number of hydrogen-bond acceptors (Lipinski definition) is 1. The second-order valence-corrected chi connectivity index (χ2v) is 7.50. The first kappa shape index (κ1) is 17.5. The Hall–Kier alpha value is 0.440. The fraction of sp³-hybridized carbons (Fsp3) is 1.00. The predicted octanol–water partition coefficient (Wildman–Crippen LogP) is 5.77. The van der Waals surface area contributed by atoms with E-state index in [0.717, 1.165) is 10.9 Å². The van der Waals surface area contributed by atoms with Crippen LogP contribution in [0.5, 0.6) is 0 Å². The van der Waals surface area contributed by atoms with Crippen LogP contribution in [-0.2, 0) is 0 Å². The number of alkyl halides is 1. The molecule has 1 aliphatic carbocycles. The normalized spacial score (nSPS) is 24.0. The van der Waals surface area contributed by atoms with Crippen LogP contribution in [0.25, 0.3) is 0 Å². The van der Waals surface area contributed by atoms with Crippen molar-refractivity contribution < 1.29 is 0 Å². The second-order valence-electron chi connectivity index (χ2n) is 6.32. The van der Waals surface area contributed by atoms with Crippen molar-refractivity contribution in [1.82, 2.24) is 4.90 Å². The van der Waals surface area contributed by atoms with Crippen LogP contribution in [-0.4, -0.2) is 29.4 Å². The third kappa shape index (κ3) is 7.70. The maximum Gasteiger partial charge on any atom is 0.0301 e. The molecule has 0 bridgehead atoms. The Morgan fingerprint density at radius 1 is 0.895 bits per heavy atom. The van der Waals surface area contributed by atoms with Crippen LogP contribution in [0.1, 0.15) is 84.0 Å². The molecular formula is C17H34BrN. The maximum atomic E-state index is 3.87. The minimum Gasteiger partial charge on any atom is -0.302 e. The summed E-state index contributed by atoms with van der Waals surface area (Å²) in [5.41, 5.74) is 0. The van der Waals surface area contributed by atoms with E-state index in [4.69, 9.17) is 0 Å². The highest BCUT2D eigenvalue weighted by Gasteiger charge is 2.25. The molecule has 0 aromatic carbocycles. The number of rotatable bonds is 10. The Labute approximate surface area is 129 Å². The Morgan fingerprint density at radius 3 is 2.11 bits per heavy atom. The van der Waals surface area contributed by atoms with Gasteiger partial charge in [0.05, 0.1) is 0 Å². The molecule has 1 saturated carbocycles. The van der Waals surface area contributed by atoms with Gasteiger partial charge in [-0.3, -0.25) is 0 Å². The first-order chi connectivity index (χ1) is 9.25. The summed E-state index contributed by atoms with van der Waals surface area (Å²) in [4.78, 5) is 3.34. The Balaban J connectivity index is 1.96. The van der Waals surface area contributed by atoms with Crippen LogP contribution in [0.15, 0.2) is 0 Å². The predicted molar refractivity (Wildman–Crippen MR) is 90.2 cm³/mol. The summed E-state index contributed by atoms with van der Waals surface area (Å²) in [7, 11) is 2.32. The average Bonchev–Trinajstić information content (AvgIpc) is 2.42. The molecular weight excluding hydrogens is 298 g/mol. The summed E-state index contributed by atoms with van der Waals surface area (Å²) in [6.07, 6.45) is 17.0. The third-order valence-corrected chi connectivity index (χ3v) is 5.65. The lowest BCUT2D eigenvalue weighted by molar-refractivity contribution is 0.196. The van der Waals surface area contributed by atoms with Crippen LogP contribution in [0.2, 0.25) is 0 Å². The van der Waals surface area contributed by atoms with E-state index in [2.05, 4.69) is 34.8 Å². The summed E-state index contributed by atoms with van der Waals surface area (Å²) in [5.74, 6) is 0. The van der Waals surface area contributed by atoms with Gasteiger partial charge in [-0.15, -0.1) is 0 Å². The maximum absolute atomic E-state index is 3.87. The highest BCUT2D eigenvalue weighted by Crippen LogP contribution is 2.28. The Morgan fingerprint density at radius 2 is 1.47 bits per heavy atom. The van der Waals surface area contributed by atoms with E-state index in [0.29, 0.717) is 0 Å². The molecule has 2 heteroatoms. The first-order valence-corrected chi connectivity index (χ1v) is 9.51. The van der Waals surface area contributed by atoms with E-state index in [9.17, 15) is 0 Å². The minimum atomic E-state index is 0.736. The molecule has 0 aromatic heterocycles. The zero-order valence-electron chi connectivity index (χ0n) is 13.2. The van der Waals surface area contributed by atoms with Gasteiger partial charge >= 0.3 is 0 Å². The molecule has 0 radical (unpaired) electrons. The summed E-state index contributed by atoms with van der Waals surface area (Å²) in [6.45, 7) is 3.58. The average molecular weight is 332 g/mol. The topological polar surface area (TPSA) is 3.24 Å². The van der Waals surface area contributed by atoms with E-state index >= 15 is 0 Å². The van der Waals surface area contributed by atoms with Gasteiger partial charge < -0.3 is 4.90 Å². The Kier molecular flexibility index (Phi) is 10.3. The van der Waals surface area contributed by atoms with Gasteiger partial charge in [0.15, 0.2) is 0 Å². The third-order valence-electron chi connectivity index (χ3n) is 4.58. The lowest BCUT2D eigenvalue weighted by Gasteiger charge is -2.35. The van der Waals surface area contributed by atoms with E-state index < -0.39 is 0 Å². The smallest absolute Gasteiger partial charge is 0.0301 e. The summed E-state index contributed by atoms with van der Waals surface area (Å²) in [5, 5.41) is 0. The number of nitrogens with zero attached hydrogens (tertiary/aromatic N) is 1. The van der Waals surface area contributed by atoms with Gasteiger partial charge in [0.1, 0.15) is 0 Å². The minimum absolute atomic E-state index is 0.736. The molecule has 0 heterocycles. The van der Waals surface area contributed by atoms with Crippen LogP contribution in [0, 0.1) is 0 Å². The quantitative estimate of drug-likeness (QED) is 0.363. The van der Waals surface area contributed by atoms with Gasteiger partial charge in [0.25, 0.3) is 0 Å². The lowest BCUT2D eigenvalue weighted by atomic mass is 9.94. The number of halogens is 1. The van der Waals surface area contributed by atoms with E-state index in [1.807, 2.05) is 0 Å². The molecule has 0 aliphatic heterocycles. The van der Waals surface area contributed by atoms with E-state index in [-0.39, 0.29) is 0 Å². The molecule has 0 saturated heterocycles. The van der Waals surface area contributed by atoms with Crippen molar-refractivity contribution >= 4 is 15.9 Å². The van der Waals surface area contributed by atoms with Crippen molar-refractivity contribution in [2.24, 2.45) is 0 Å². The van der Waals surface area contributed by atoms with Crippen LogP contribution in [0.3, 0.4) is 0 Å². The fourth-order valence-corrected chi connectivity index (χ4v) is 4.22. The van der Waals surface area contributed by atoms with Gasteiger partial charge in [-0.1, -0.05) is 80.6 Å². The summed E-state index contributed by atoms with van der Waals surface area (Å²) < 4.78 is 0. The Bertz CT molecular complexity index is 207. The molecule has 2 atom stereocenters. The largest absolute Gasteiger partial charge is 0.302 e. The highest BCUT2D eigenvalue weighted by molar-refractivity contribution is 9.09. The monoisotopic (exact) mass is 331 g/mol. The van der Waals surface area contributed by atoms with Gasteiger partial charge in [0.2, 0.25) is 0 Å². The zero-order valence-corrected chi connectivity index (χ0v) is 14.8. The lowest BCUT2D eigenvalue weighted by Crippen LogP contribution is -2.41. The highest BCUT2D eigenvalue weighted by atomic mass is 79.9. The summed E-state index contributed by atoms with van der Waals surface area (Å²) >= 11 is 3.87. The van der Waals surface area contributed by atoms with Gasteiger partial charge in [-0.25, -0.2) is 0 Å². The molecule has 114 valence electrons. The van der Waals surface area contributed by atoms with Crippen LogP contribution >= 0.6 is 15.9 Å². The molecule has 19 heavy (non-hydrogen) atoms. The SMILES string of the molecule is CCCCCCCCCCN(C)C1CCCCC1Br. The molecule has 0 aromatic rings. The van der Waals surface area contributed by atoms with Crippen molar-refractivity contribution in [1.29, 1.82) is 0 Å². The van der Waals surface area contributed by atoms with E-state index in [1.54, 1.807) is 0 Å². The number of unbranched alkanes of at least 4 members (excludes halogenated alkanes) is 7. The van der Waals surface area contributed by atoms with Crippen LogP contribution in [0.4, 0.5) is 0 Å². The van der Waals surface area contributed by atoms with Crippen LogP contribution < -0.4 is 0 Å². The molecule has 1 rings (SSSR count). The second kappa shape index (κ2) is 11.1. The molecule has 1 aliphatic rings. The van der Waals surface area contributed by atoms with Crippen molar-refractivity contribution in [2.75, 3.05) is 13.6 Å². The van der Waals surface area contributed by atoms with Crippen molar-refractivity contribution in [2.45, 2.75) is 94.8 Å². The molecule has 1 fully saturated rings. The molecule has 2 unspecified atom stereocenters. The van der Waals surface area contributed by atoms with Crippen molar-refractivity contribution in [3.63, 3.8) is 0 Å². The standard InChI is InChI=1S/C17H34BrN/c1-3-4-5-6-7-8-9-12-15-19(2)17-14-11-10-13-16(17)18/h16-17H,3-15H2,1-2H3. The fourth-order valence-electron chi connectivity index (χ4n) is 3.22. The first-order valence-electron chi connectivity index (χ1n) is 8.60. The van der Waals surface area contributed by atoms with Crippen molar-refractivity contribution in [3.8, 4) is 0 Å². The molecule has 0 N–H and O–H groups in total. The summed E-state index contributed by atoms with van der Waals surface area (Å²) in [6, 6.07) is 0.790. The van der Waals surface area contributed by atoms with E-state index in [1.165, 1.54) is 83.6 Å². The zero-order chi connectivity index (χ0) is 13.9. The van der Waals surface area contributed by atoms with Gasteiger partial charge in [-0.05, 0) is 32.9 Å². The molecule has 0 amide bonds. The van der Waals surface area contributed by atoms with Crippen molar-refractivity contribution in [3.05, 3.63) is 0 Å². The van der Waals surface area contributed by atoms with Gasteiger partial charge in [0, 0.05) is 10.9 Å². The number of hydrogen-bond donors (Lipinski definition) is 0.